The molecule has 33 heavy (non-hydrogen) atoms. The molecule has 2 N–H and O–H groups in total. The highest BCUT2D eigenvalue weighted by Crippen LogP contribution is 2.33. The van der Waals surface area contributed by atoms with Crippen LogP contribution in [-0.2, 0) is 15.7 Å². The maximum atomic E-state index is 9.01. The van der Waals surface area contributed by atoms with Crippen LogP contribution in [0.25, 0.3) is 21.5 Å². The zero-order valence-corrected chi connectivity index (χ0v) is 20.1. The summed E-state index contributed by atoms with van der Waals surface area (Å²) in [6.07, 6.45) is 8.71. The van der Waals surface area contributed by atoms with Gasteiger partial charge in [-0.3, -0.25) is 0 Å². The molecule has 0 bridgehead atoms. The van der Waals surface area contributed by atoms with Crippen molar-refractivity contribution in [3.05, 3.63) is 47.5 Å². The van der Waals surface area contributed by atoms with E-state index in [-0.39, 0.29) is 13.2 Å². The van der Waals surface area contributed by atoms with E-state index in [0.29, 0.717) is 13.2 Å². The molecule has 0 aromatic heterocycles. The molecule has 0 amide bonds. The van der Waals surface area contributed by atoms with Crippen LogP contribution >= 0.6 is 0 Å². The largest absolute Gasteiger partial charge is 0.432 e. The number of rotatable bonds is 15. The van der Waals surface area contributed by atoms with E-state index >= 15 is 0 Å². The summed E-state index contributed by atoms with van der Waals surface area (Å²) in [5, 5.41) is 23.0. The lowest BCUT2D eigenvalue weighted by Gasteiger charge is -2.17. The first kappa shape index (κ1) is 25.8. The van der Waals surface area contributed by atoms with Crippen molar-refractivity contribution in [3.8, 4) is 0 Å². The van der Waals surface area contributed by atoms with Crippen molar-refractivity contribution in [1.29, 1.82) is 0 Å². The summed E-state index contributed by atoms with van der Waals surface area (Å²) in [5.41, 5.74) is 4.74. The second-order valence-corrected chi connectivity index (χ2v) is 8.66. The predicted molar refractivity (Wildman–Crippen MR) is 140 cm³/mol. The molecule has 0 heterocycles. The van der Waals surface area contributed by atoms with Crippen LogP contribution < -0.4 is 10.9 Å². The average Bonchev–Trinajstić information content (AvgIpc) is 2.83. The number of aliphatic hydroxyl groups excluding tert-OH is 2. The van der Waals surface area contributed by atoms with Crippen molar-refractivity contribution in [3.63, 3.8) is 0 Å². The third-order valence-electron chi connectivity index (χ3n) is 6.20. The number of aliphatic hydroxyl groups is 2. The highest BCUT2D eigenvalue weighted by Gasteiger charge is 2.14. The molecule has 0 saturated carbocycles. The van der Waals surface area contributed by atoms with Crippen molar-refractivity contribution in [1.82, 2.24) is 0 Å². The van der Waals surface area contributed by atoms with E-state index in [1.807, 2.05) is 0 Å². The van der Waals surface area contributed by atoms with Crippen molar-refractivity contribution < 1.29 is 19.5 Å². The molecular weight excluding hydrogens is 410 g/mol. The smallest absolute Gasteiger partial charge is 0.330 e. The number of aryl methyl sites for hydroxylation is 2. The van der Waals surface area contributed by atoms with Gasteiger partial charge in [0.25, 0.3) is 0 Å². The summed E-state index contributed by atoms with van der Waals surface area (Å²) in [5.74, 6) is 0. The second-order valence-electron chi connectivity index (χ2n) is 8.66. The molecule has 0 atom stereocenters. The van der Waals surface area contributed by atoms with Crippen LogP contribution in [0.3, 0.4) is 0 Å². The van der Waals surface area contributed by atoms with Crippen molar-refractivity contribution in [2.24, 2.45) is 0 Å². The Kier molecular flexibility index (Phi) is 10.7. The molecule has 3 aromatic carbocycles. The molecule has 2 radical (unpaired) electrons. The Hall–Kier alpha value is -1.85. The fourth-order valence-electron chi connectivity index (χ4n) is 4.48. The Labute approximate surface area is 199 Å². The molecule has 6 heteroatoms. The van der Waals surface area contributed by atoms with Crippen LogP contribution in [0.15, 0.2) is 36.4 Å². The topological polar surface area (TPSA) is 58.9 Å². The van der Waals surface area contributed by atoms with Crippen LogP contribution in [-0.4, -0.2) is 51.6 Å². The molecule has 0 spiro atoms. The summed E-state index contributed by atoms with van der Waals surface area (Å²) in [6, 6.07) is 12.9. The quantitative estimate of drug-likeness (QED) is 0.212. The van der Waals surface area contributed by atoms with E-state index in [1.54, 1.807) is 15.0 Å². The predicted octanol–water partition coefficient (Wildman–Crippen LogP) is 3.71. The summed E-state index contributed by atoms with van der Waals surface area (Å²) < 4.78 is 10.9. The van der Waals surface area contributed by atoms with Gasteiger partial charge < -0.3 is 19.5 Å². The van der Waals surface area contributed by atoms with Gasteiger partial charge in [0, 0.05) is 0 Å². The number of hydrogen-bond donors (Lipinski definition) is 2. The summed E-state index contributed by atoms with van der Waals surface area (Å²) in [7, 11) is 3.46. The van der Waals surface area contributed by atoms with Crippen LogP contribution in [0.5, 0.6) is 0 Å². The van der Waals surface area contributed by atoms with Crippen LogP contribution in [0.2, 0.25) is 0 Å². The van der Waals surface area contributed by atoms with E-state index in [9.17, 15) is 0 Å². The third kappa shape index (κ3) is 7.07. The van der Waals surface area contributed by atoms with E-state index in [2.05, 4.69) is 50.2 Å². The first-order chi connectivity index (χ1) is 16.2. The number of fused-ring (bicyclic) bond motifs is 3. The molecule has 0 unspecified atom stereocenters. The Morgan fingerprint density at radius 3 is 1.85 bits per heavy atom. The summed E-state index contributed by atoms with van der Waals surface area (Å²) in [6.45, 7) is 5.11. The van der Waals surface area contributed by atoms with Gasteiger partial charge in [0.2, 0.25) is 0 Å². The second kappa shape index (κ2) is 13.8. The summed E-state index contributed by atoms with van der Waals surface area (Å²) in [4.78, 5) is 0. The van der Waals surface area contributed by atoms with Crippen LogP contribution in [0.4, 0.5) is 0 Å². The lowest BCUT2D eigenvalue weighted by atomic mass is 9.80. The minimum Gasteiger partial charge on any atom is -0.432 e. The molecule has 0 aliphatic heterocycles. The normalized spacial score (nSPS) is 11.4. The SMILES string of the molecule is CCCCCCCCc1c(C)c2cc([B]OCCO)ccc2c2ccc([B]OCCO)cc12. The third-order valence-corrected chi connectivity index (χ3v) is 6.20. The molecular formula is C27H36B2O4. The van der Waals surface area contributed by atoms with Crippen molar-refractivity contribution in [2.45, 2.75) is 58.8 Å². The zero-order valence-electron chi connectivity index (χ0n) is 20.1. The van der Waals surface area contributed by atoms with Crippen LogP contribution in [0.1, 0.15) is 56.6 Å². The Balaban J connectivity index is 1.96. The van der Waals surface area contributed by atoms with E-state index in [1.165, 1.54) is 71.2 Å². The number of benzene rings is 3. The van der Waals surface area contributed by atoms with Gasteiger partial charge in [0.15, 0.2) is 0 Å². The fraction of sp³-hybridized carbons (Fsp3) is 0.481. The van der Waals surface area contributed by atoms with Crippen molar-refractivity contribution >= 4 is 47.4 Å². The average molecular weight is 446 g/mol. The van der Waals surface area contributed by atoms with Gasteiger partial charge in [0.05, 0.1) is 26.4 Å². The van der Waals surface area contributed by atoms with Gasteiger partial charge in [-0.2, -0.15) is 0 Å². The van der Waals surface area contributed by atoms with Gasteiger partial charge in [-0.15, -0.1) is 0 Å². The first-order valence-corrected chi connectivity index (χ1v) is 12.3. The van der Waals surface area contributed by atoms with Gasteiger partial charge in [-0.05, 0) is 52.4 Å². The Bertz CT molecular complexity index is 1020. The lowest BCUT2D eigenvalue weighted by molar-refractivity contribution is 0.209. The minimum atomic E-state index is 0.0114. The number of unbranched alkanes of at least 4 members (excludes halogenated alkanes) is 5. The molecule has 0 fully saturated rings. The van der Waals surface area contributed by atoms with Crippen molar-refractivity contribution in [2.75, 3.05) is 26.4 Å². The van der Waals surface area contributed by atoms with Gasteiger partial charge in [0.1, 0.15) is 0 Å². The highest BCUT2D eigenvalue weighted by atomic mass is 16.4. The monoisotopic (exact) mass is 446 g/mol. The van der Waals surface area contributed by atoms with Crippen LogP contribution in [0, 0.1) is 6.92 Å². The molecule has 0 aliphatic carbocycles. The molecule has 4 nitrogen and oxygen atoms in total. The van der Waals surface area contributed by atoms with E-state index < -0.39 is 0 Å². The van der Waals surface area contributed by atoms with Gasteiger partial charge >= 0.3 is 15.0 Å². The zero-order chi connectivity index (χ0) is 23.5. The molecule has 3 aromatic rings. The van der Waals surface area contributed by atoms with Gasteiger partial charge in [-0.25, -0.2) is 0 Å². The minimum absolute atomic E-state index is 0.0114. The van der Waals surface area contributed by atoms with E-state index in [0.717, 1.165) is 17.3 Å². The lowest BCUT2D eigenvalue weighted by Crippen LogP contribution is -2.20. The highest BCUT2D eigenvalue weighted by molar-refractivity contribution is 6.48. The molecule has 0 aliphatic rings. The number of hydrogen-bond acceptors (Lipinski definition) is 4. The first-order valence-electron chi connectivity index (χ1n) is 12.3. The fourth-order valence-corrected chi connectivity index (χ4v) is 4.48. The maximum Gasteiger partial charge on any atom is 0.330 e. The Morgan fingerprint density at radius 2 is 1.24 bits per heavy atom. The van der Waals surface area contributed by atoms with E-state index in [4.69, 9.17) is 19.5 Å². The summed E-state index contributed by atoms with van der Waals surface area (Å²) >= 11 is 0. The molecule has 0 saturated heterocycles. The Morgan fingerprint density at radius 1 is 0.697 bits per heavy atom. The standard InChI is InChI=1S/C27H36B2O4/c1-3-4-5-6-7-8-9-23-20(2)26-18-21(28-32-16-14-30)10-12-24(26)25-13-11-22(19-27(23)25)29-33-17-15-31/h10-13,18-19,30-31H,3-9,14-17H2,1-2H3. The van der Waals surface area contributed by atoms with Gasteiger partial charge in [-0.1, -0.05) is 86.4 Å². The molecule has 174 valence electrons. The maximum absolute atomic E-state index is 9.01. The molecule has 3 rings (SSSR count).